The van der Waals surface area contributed by atoms with Crippen LogP contribution in [0.25, 0.3) is 16.9 Å². The van der Waals surface area contributed by atoms with Crippen LogP contribution >= 0.6 is 11.6 Å². The molecule has 2 aromatic heterocycles. The molecule has 0 unspecified atom stereocenters. The maximum atomic E-state index is 6.12. The minimum atomic E-state index is 0.135. The topological polar surface area (TPSA) is 45.5 Å². The third-order valence-corrected chi connectivity index (χ3v) is 4.40. The fraction of sp³-hybridized carbons (Fsp3) is 0.400. The highest BCUT2D eigenvalue weighted by atomic mass is 35.5. The molecule has 0 aliphatic carbocycles. The van der Waals surface area contributed by atoms with Crippen LogP contribution in [0.1, 0.15) is 19.5 Å². The molecule has 0 atom stereocenters. The van der Waals surface area contributed by atoms with Crippen molar-refractivity contribution in [2.75, 3.05) is 32.5 Å². The van der Waals surface area contributed by atoms with Gasteiger partial charge in [-0.05, 0) is 38.6 Å². The zero-order valence-electron chi connectivity index (χ0n) is 16.0. The number of nitrogens with one attached hydrogen (secondary N) is 1. The average Bonchev–Trinajstić information content (AvgIpc) is 2.95. The van der Waals surface area contributed by atoms with Gasteiger partial charge in [-0.15, -0.1) is 0 Å². The Bertz CT molecular complexity index is 914. The molecule has 0 aliphatic rings. The maximum absolute atomic E-state index is 6.12. The largest absolute Gasteiger partial charge is 0.369 e. The van der Waals surface area contributed by atoms with Crippen LogP contribution in [0, 0.1) is 12.3 Å². The van der Waals surface area contributed by atoms with Crippen molar-refractivity contribution in [3.05, 3.63) is 47.1 Å². The van der Waals surface area contributed by atoms with E-state index >= 15 is 0 Å². The summed E-state index contributed by atoms with van der Waals surface area (Å²) in [6.07, 6.45) is 0. The van der Waals surface area contributed by atoms with Crippen molar-refractivity contribution in [3.8, 4) is 11.3 Å². The number of hydrogen-bond acceptors (Lipinski definition) is 4. The lowest BCUT2D eigenvalue weighted by atomic mass is 9.93. The van der Waals surface area contributed by atoms with Crippen molar-refractivity contribution in [2.24, 2.45) is 5.41 Å². The van der Waals surface area contributed by atoms with Crippen molar-refractivity contribution < 1.29 is 0 Å². The fourth-order valence-electron chi connectivity index (χ4n) is 3.26. The first-order valence-electron chi connectivity index (χ1n) is 8.75. The molecular formula is C20H26ClN5. The highest BCUT2D eigenvalue weighted by Crippen LogP contribution is 2.25. The molecule has 3 aromatic rings. The summed E-state index contributed by atoms with van der Waals surface area (Å²) >= 11 is 6.12. The van der Waals surface area contributed by atoms with Gasteiger partial charge in [0.1, 0.15) is 5.82 Å². The molecule has 0 aliphatic heterocycles. The predicted octanol–water partition coefficient (Wildman–Crippen LogP) is 4.36. The normalized spacial score (nSPS) is 12.1. The first-order valence-corrected chi connectivity index (χ1v) is 9.13. The molecule has 3 rings (SSSR count). The zero-order valence-corrected chi connectivity index (χ0v) is 16.8. The number of aromatic nitrogens is 3. The molecule has 0 fully saturated rings. The van der Waals surface area contributed by atoms with Gasteiger partial charge < -0.3 is 10.2 Å². The van der Waals surface area contributed by atoms with Gasteiger partial charge in [0, 0.05) is 41.5 Å². The number of rotatable bonds is 6. The highest BCUT2D eigenvalue weighted by molar-refractivity contribution is 6.30. The molecule has 0 bridgehead atoms. The number of hydrogen-bond donors (Lipinski definition) is 1. The van der Waals surface area contributed by atoms with E-state index in [0.29, 0.717) is 5.02 Å². The number of benzene rings is 1. The van der Waals surface area contributed by atoms with Gasteiger partial charge in [0.05, 0.1) is 5.69 Å². The van der Waals surface area contributed by atoms with Crippen molar-refractivity contribution in [2.45, 2.75) is 20.8 Å². The zero-order chi connectivity index (χ0) is 18.9. The third-order valence-electron chi connectivity index (χ3n) is 4.17. The summed E-state index contributed by atoms with van der Waals surface area (Å²) in [6.45, 7) is 8.36. The van der Waals surface area contributed by atoms with E-state index in [1.54, 1.807) is 0 Å². The van der Waals surface area contributed by atoms with E-state index in [0.717, 1.165) is 41.5 Å². The monoisotopic (exact) mass is 371 g/mol. The van der Waals surface area contributed by atoms with Gasteiger partial charge >= 0.3 is 0 Å². The van der Waals surface area contributed by atoms with Crippen LogP contribution < -0.4 is 5.32 Å². The van der Waals surface area contributed by atoms with Crippen LogP contribution in [0.5, 0.6) is 0 Å². The van der Waals surface area contributed by atoms with E-state index < -0.39 is 0 Å². The predicted molar refractivity (Wildman–Crippen MR) is 109 cm³/mol. The standard InChI is InChI=1S/C20H26ClN5/c1-14-9-18(22-12-20(2,3)13-25(4)5)26-19(23-14)11-17(24-26)15-7-6-8-16(21)10-15/h6-11,22H,12-13H2,1-5H3. The van der Waals surface area contributed by atoms with Crippen LogP contribution in [-0.4, -0.2) is 46.7 Å². The molecule has 5 nitrogen and oxygen atoms in total. The Kier molecular flexibility index (Phi) is 5.21. The Balaban J connectivity index is 1.93. The molecular weight excluding hydrogens is 346 g/mol. The fourth-order valence-corrected chi connectivity index (χ4v) is 3.45. The Labute approximate surface area is 160 Å². The van der Waals surface area contributed by atoms with E-state index in [-0.39, 0.29) is 5.41 Å². The van der Waals surface area contributed by atoms with Crippen LogP contribution in [0.15, 0.2) is 36.4 Å². The summed E-state index contributed by atoms with van der Waals surface area (Å²) in [5.41, 5.74) is 3.77. The van der Waals surface area contributed by atoms with Crippen LogP contribution in [-0.2, 0) is 0 Å². The summed E-state index contributed by atoms with van der Waals surface area (Å²) in [5.74, 6) is 0.951. The summed E-state index contributed by atoms with van der Waals surface area (Å²) in [6, 6.07) is 11.8. The highest BCUT2D eigenvalue weighted by Gasteiger charge is 2.19. The summed E-state index contributed by atoms with van der Waals surface area (Å²) in [4.78, 5) is 6.83. The molecule has 6 heteroatoms. The van der Waals surface area contributed by atoms with Gasteiger partial charge in [0.2, 0.25) is 0 Å². The van der Waals surface area contributed by atoms with Gasteiger partial charge in [-0.2, -0.15) is 9.61 Å². The Morgan fingerprint density at radius 1 is 1.19 bits per heavy atom. The summed E-state index contributed by atoms with van der Waals surface area (Å²) < 4.78 is 1.87. The van der Waals surface area contributed by atoms with Crippen LogP contribution in [0.2, 0.25) is 5.02 Å². The minimum Gasteiger partial charge on any atom is -0.369 e. The quantitative estimate of drug-likeness (QED) is 0.699. The molecule has 0 spiro atoms. The van der Waals surface area contributed by atoms with Gasteiger partial charge in [0.15, 0.2) is 5.65 Å². The Morgan fingerprint density at radius 2 is 1.96 bits per heavy atom. The number of fused-ring (bicyclic) bond motifs is 1. The van der Waals surface area contributed by atoms with Crippen molar-refractivity contribution in [1.82, 2.24) is 19.5 Å². The van der Waals surface area contributed by atoms with Crippen molar-refractivity contribution in [3.63, 3.8) is 0 Å². The molecule has 1 aromatic carbocycles. The molecule has 0 saturated heterocycles. The molecule has 0 radical (unpaired) electrons. The first kappa shape index (κ1) is 18.7. The number of anilines is 1. The Hall–Kier alpha value is -2.11. The van der Waals surface area contributed by atoms with E-state index in [9.17, 15) is 0 Å². The maximum Gasteiger partial charge on any atom is 0.158 e. The smallest absolute Gasteiger partial charge is 0.158 e. The molecule has 1 N–H and O–H groups in total. The minimum absolute atomic E-state index is 0.135. The molecule has 2 heterocycles. The van der Waals surface area contributed by atoms with Crippen molar-refractivity contribution in [1.29, 1.82) is 0 Å². The average molecular weight is 372 g/mol. The second-order valence-corrected chi connectivity index (χ2v) is 8.28. The number of nitrogens with zero attached hydrogens (tertiary/aromatic N) is 4. The molecule has 0 saturated carbocycles. The van der Waals surface area contributed by atoms with Gasteiger partial charge in [-0.1, -0.05) is 37.6 Å². The van der Waals surface area contributed by atoms with E-state index in [1.807, 2.05) is 47.8 Å². The Morgan fingerprint density at radius 3 is 2.65 bits per heavy atom. The lowest BCUT2D eigenvalue weighted by Crippen LogP contribution is -2.34. The van der Waals surface area contributed by atoms with E-state index in [2.05, 4.69) is 43.1 Å². The van der Waals surface area contributed by atoms with Crippen molar-refractivity contribution >= 4 is 23.1 Å². The second kappa shape index (κ2) is 7.25. The third kappa shape index (κ3) is 4.34. The van der Waals surface area contributed by atoms with Gasteiger partial charge in [0.25, 0.3) is 0 Å². The first-order chi connectivity index (χ1) is 12.2. The lowest BCUT2D eigenvalue weighted by Gasteiger charge is -2.29. The van der Waals surface area contributed by atoms with Gasteiger partial charge in [-0.3, -0.25) is 0 Å². The SMILES string of the molecule is Cc1cc(NCC(C)(C)CN(C)C)n2nc(-c3cccc(Cl)c3)cc2n1. The summed E-state index contributed by atoms with van der Waals surface area (Å²) in [5, 5.41) is 9.01. The number of halogens is 1. The van der Waals surface area contributed by atoms with E-state index in [1.165, 1.54) is 0 Å². The van der Waals surface area contributed by atoms with E-state index in [4.69, 9.17) is 16.7 Å². The molecule has 26 heavy (non-hydrogen) atoms. The number of aryl methyl sites for hydroxylation is 1. The van der Waals surface area contributed by atoms with Crippen LogP contribution in [0.4, 0.5) is 5.82 Å². The lowest BCUT2D eigenvalue weighted by molar-refractivity contribution is 0.254. The van der Waals surface area contributed by atoms with Crippen LogP contribution in [0.3, 0.4) is 0 Å². The molecule has 0 amide bonds. The summed E-state index contributed by atoms with van der Waals surface area (Å²) in [7, 11) is 4.20. The molecule has 138 valence electrons. The van der Waals surface area contributed by atoms with Gasteiger partial charge in [-0.25, -0.2) is 4.98 Å². The second-order valence-electron chi connectivity index (χ2n) is 7.85.